The van der Waals surface area contributed by atoms with Crippen LogP contribution in [0.5, 0.6) is 5.75 Å². The molecule has 0 spiro atoms. The Morgan fingerprint density at radius 2 is 1.92 bits per heavy atom. The highest BCUT2D eigenvalue weighted by atomic mass is 32.1. The molecule has 5 nitrogen and oxygen atoms in total. The number of aromatic hydroxyl groups is 1. The van der Waals surface area contributed by atoms with Gasteiger partial charge in [-0.2, -0.15) is 5.10 Å². The minimum absolute atomic E-state index is 0.111. The van der Waals surface area contributed by atoms with Gasteiger partial charge in [0, 0.05) is 12.0 Å². The molecular weight excluding hydrogens is 334 g/mol. The lowest BCUT2D eigenvalue weighted by Gasteiger charge is -1.99. The maximum atomic E-state index is 12.3. The van der Waals surface area contributed by atoms with E-state index in [1.165, 1.54) is 17.6 Å². The highest BCUT2D eigenvalue weighted by Gasteiger charge is 2.15. The molecule has 0 aliphatic carbocycles. The number of benzene rings is 2. The predicted molar refractivity (Wildman–Crippen MR) is 99.3 cm³/mol. The van der Waals surface area contributed by atoms with E-state index in [-0.39, 0.29) is 11.7 Å². The van der Waals surface area contributed by atoms with Gasteiger partial charge in [0.2, 0.25) is 0 Å². The third kappa shape index (κ3) is 4.30. The Hall–Kier alpha value is -2.99. The molecule has 3 rings (SSSR count). The molecule has 0 saturated carbocycles. The number of phenols is 1. The summed E-state index contributed by atoms with van der Waals surface area (Å²) >= 11 is 1.37. The van der Waals surface area contributed by atoms with E-state index in [9.17, 15) is 9.90 Å². The SMILES string of the molecule is Cc1nc(Cc2ccccc2)sc1C(=O)N/N=C\c1ccccc1O. The van der Waals surface area contributed by atoms with Crippen LogP contribution in [0.1, 0.15) is 31.5 Å². The number of para-hydroxylation sites is 1. The Labute approximate surface area is 149 Å². The quantitative estimate of drug-likeness (QED) is 0.546. The smallest absolute Gasteiger partial charge is 0.283 e. The number of aromatic nitrogens is 1. The fraction of sp³-hybridized carbons (Fsp3) is 0.105. The first kappa shape index (κ1) is 16.9. The van der Waals surface area contributed by atoms with Crippen molar-refractivity contribution in [3.63, 3.8) is 0 Å². The summed E-state index contributed by atoms with van der Waals surface area (Å²) in [6, 6.07) is 16.8. The third-order valence-corrected chi connectivity index (χ3v) is 4.71. The van der Waals surface area contributed by atoms with E-state index >= 15 is 0 Å². The average molecular weight is 351 g/mol. The number of hydrogen-bond acceptors (Lipinski definition) is 5. The van der Waals surface area contributed by atoms with Crippen molar-refractivity contribution in [2.24, 2.45) is 5.10 Å². The van der Waals surface area contributed by atoms with Crippen LogP contribution >= 0.6 is 11.3 Å². The molecule has 6 heteroatoms. The lowest BCUT2D eigenvalue weighted by molar-refractivity contribution is 0.0958. The summed E-state index contributed by atoms with van der Waals surface area (Å²) < 4.78 is 0. The second-order valence-electron chi connectivity index (χ2n) is 5.44. The lowest BCUT2D eigenvalue weighted by atomic mass is 10.2. The van der Waals surface area contributed by atoms with Crippen LogP contribution in [0.2, 0.25) is 0 Å². The second-order valence-corrected chi connectivity index (χ2v) is 6.53. The van der Waals surface area contributed by atoms with E-state index in [2.05, 4.69) is 15.5 Å². The van der Waals surface area contributed by atoms with E-state index in [1.54, 1.807) is 24.3 Å². The first-order valence-corrected chi connectivity index (χ1v) is 8.57. The molecule has 2 aromatic carbocycles. The highest BCUT2D eigenvalue weighted by molar-refractivity contribution is 7.13. The van der Waals surface area contributed by atoms with Gasteiger partial charge in [0.1, 0.15) is 10.6 Å². The lowest BCUT2D eigenvalue weighted by Crippen LogP contribution is -2.17. The second kappa shape index (κ2) is 7.72. The van der Waals surface area contributed by atoms with Gasteiger partial charge in [0.15, 0.2) is 0 Å². The number of amides is 1. The molecule has 0 saturated heterocycles. The molecule has 3 aromatic rings. The van der Waals surface area contributed by atoms with E-state index in [1.807, 2.05) is 37.3 Å². The molecule has 0 aliphatic rings. The van der Waals surface area contributed by atoms with E-state index in [4.69, 9.17) is 0 Å². The van der Waals surface area contributed by atoms with Gasteiger partial charge < -0.3 is 5.11 Å². The minimum atomic E-state index is -0.305. The summed E-state index contributed by atoms with van der Waals surface area (Å²) in [4.78, 5) is 17.3. The monoisotopic (exact) mass is 351 g/mol. The fourth-order valence-corrected chi connectivity index (χ4v) is 3.31. The summed E-state index contributed by atoms with van der Waals surface area (Å²) in [7, 11) is 0. The molecule has 0 unspecified atom stereocenters. The van der Waals surface area contributed by atoms with Crippen LogP contribution in [0.15, 0.2) is 59.7 Å². The Morgan fingerprint density at radius 3 is 2.68 bits per heavy atom. The first-order valence-electron chi connectivity index (χ1n) is 7.75. The van der Waals surface area contributed by atoms with Crippen LogP contribution in [-0.4, -0.2) is 22.2 Å². The average Bonchev–Trinajstić information content (AvgIpc) is 2.98. The number of nitrogens with zero attached hydrogens (tertiary/aromatic N) is 2. The van der Waals surface area contributed by atoms with Gasteiger partial charge >= 0.3 is 0 Å². The summed E-state index contributed by atoms with van der Waals surface area (Å²) in [6.07, 6.45) is 2.11. The zero-order chi connectivity index (χ0) is 17.6. The zero-order valence-corrected chi connectivity index (χ0v) is 14.5. The van der Waals surface area contributed by atoms with Gasteiger partial charge in [0.05, 0.1) is 16.9 Å². The minimum Gasteiger partial charge on any atom is -0.507 e. The topological polar surface area (TPSA) is 74.6 Å². The number of rotatable bonds is 5. The molecule has 1 heterocycles. The number of carbonyl (C=O) groups is 1. The zero-order valence-electron chi connectivity index (χ0n) is 13.6. The van der Waals surface area contributed by atoms with Gasteiger partial charge in [-0.15, -0.1) is 11.3 Å². The molecule has 0 fully saturated rings. The Kier molecular flexibility index (Phi) is 5.20. The van der Waals surface area contributed by atoms with Gasteiger partial charge in [-0.3, -0.25) is 4.79 Å². The van der Waals surface area contributed by atoms with Crippen molar-refractivity contribution < 1.29 is 9.90 Å². The Balaban J connectivity index is 1.67. The molecule has 25 heavy (non-hydrogen) atoms. The predicted octanol–water partition coefficient (Wildman–Crippen LogP) is 3.51. The fourth-order valence-electron chi connectivity index (χ4n) is 2.32. The number of hydrazone groups is 1. The van der Waals surface area contributed by atoms with E-state index in [0.29, 0.717) is 22.6 Å². The maximum absolute atomic E-state index is 12.3. The normalized spacial score (nSPS) is 10.9. The standard InChI is InChI=1S/C19H17N3O2S/c1-13-18(25-17(21-13)11-14-7-3-2-4-8-14)19(24)22-20-12-15-9-5-6-10-16(15)23/h2-10,12,23H,11H2,1H3,(H,22,24)/b20-12-. The van der Waals surface area contributed by atoms with Crippen LogP contribution in [0.25, 0.3) is 0 Å². The largest absolute Gasteiger partial charge is 0.507 e. The summed E-state index contributed by atoms with van der Waals surface area (Å²) in [5.74, 6) is -0.194. The Bertz CT molecular complexity index is 904. The molecule has 0 atom stereocenters. The molecule has 126 valence electrons. The summed E-state index contributed by atoms with van der Waals surface area (Å²) in [6.45, 7) is 1.81. The third-order valence-electron chi connectivity index (χ3n) is 3.55. The van der Waals surface area contributed by atoms with Crippen molar-refractivity contribution in [2.45, 2.75) is 13.3 Å². The van der Waals surface area contributed by atoms with Crippen LogP contribution < -0.4 is 5.43 Å². The van der Waals surface area contributed by atoms with Crippen molar-refractivity contribution in [1.82, 2.24) is 10.4 Å². The van der Waals surface area contributed by atoms with Crippen molar-refractivity contribution in [2.75, 3.05) is 0 Å². The number of hydrogen-bond donors (Lipinski definition) is 2. The number of carbonyl (C=O) groups excluding carboxylic acids is 1. The van der Waals surface area contributed by atoms with Gasteiger partial charge in [0.25, 0.3) is 5.91 Å². The molecule has 0 radical (unpaired) electrons. The van der Waals surface area contributed by atoms with Crippen LogP contribution in [0.3, 0.4) is 0 Å². The number of aryl methyl sites for hydroxylation is 1. The molecular formula is C19H17N3O2S. The summed E-state index contributed by atoms with van der Waals surface area (Å²) in [5.41, 5.74) is 4.86. The van der Waals surface area contributed by atoms with Gasteiger partial charge in [-0.25, -0.2) is 10.4 Å². The van der Waals surface area contributed by atoms with E-state index in [0.717, 1.165) is 10.6 Å². The number of thiazole rings is 1. The van der Waals surface area contributed by atoms with E-state index < -0.39 is 0 Å². The van der Waals surface area contributed by atoms with Crippen molar-refractivity contribution in [3.05, 3.63) is 81.3 Å². The van der Waals surface area contributed by atoms with Gasteiger partial charge in [-0.05, 0) is 24.6 Å². The highest BCUT2D eigenvalue weighted by Crippen LogP contribution is 2.21. The van der Waals surface area contributed by atoms with Crippen LogP contribution in [0.4, 0.5) is 0 Å². The Morgan fingerprint density at radius 1 is 1.20 bits per heavy atom. The number of nitrogens with one attached hydrogen (secondary N) is 1. The van der Waals surface area contributed by atoms with Gasteiger partial charge in [-0.1, -0.05) is 42.5 Å². The van der Waals surface area contributed by atoms with Crippen LogP contribution in [-0.2, 0) is 6.42 Å². The van der Waals surface area contributed by atoms with Crippen LogP contribution in [0, 0.1) is 6.92 Å². The molecule has 2 N–H and O–H groups in total. The molecule has 1 amide bonds. The number of phenolic OH excluding ortho intramolecular Hbond substituents is 1. The first-order chi connectivity index (χ1) is 12.1. The molecule has 0 bridgehead atoms. The maximum Gasteiger partial charge on any atom is 0.283 e. The molecule has 1 aromatic heterocycles. The summed E-state index contributed by atoms with van der Waals surface area (Å²) in [5, 5.41) is 14.5. The van der Waals surface area contributed by atoms with Crippen molar-refractivity contribution >= 4 is 23.5 Å². The van der Waals surface area contributed by atoms with Crippen molar-refractivity contribution in [1.29, 1.82) is 0 Å². The van der Waals surface area contributed by atoms with Crippen molar-refractivity contribution in [3.8, 4) is 5.75 Å². The molecule has 0 aliphatic heterocycles.